The lowest BCUT2D eigenvalue weighted by molar-refractivity contribution is -0.135. The number of hydrogen-bond acceptors (Lipinski definition) is 3. The van der Waals surface area contributed by atoms with Crippen LogP contribution in [0.5, 0.6) is 0 Å². The van der Waals surface area contributed by atoms with Crippen LogP contribution < -0.4 is 0 Å². The minimum absolute atomic E-state index is 0.138. The maximum atomic E-state index is 11.6. The van der Waals surface area contributed by atoms with Crippen LogP contribution in [0.3, 0.4) is 0 Å². The smallest absolute Gasteiger partial charge is 0.331 e. The van der Waals surface area contributed by atoms with Gasteiger partial charge in [-0.1, -0.05) is 20.8 Å². The summed E-state index contributed by atoms with van der Waals surface area (Å²) in [7, 11) is 0. The normalized spacial score (nSPS) is 45.5. The van der Waals surface area contributed by atoms with Crippen LogP contribution in [0, 0.1) is 40.4 Å². The zero-order chi connectivity index (χ0) is 18.7. The molecule has 1 heterocycles. The first-order valence-corrected chi connectivity index (χ1v) is 10.8. The number of rotatable bonds is 3. The second-order valence-corrected chi connectivity index (χ2v) is 10.6. The number of ether oxygens (including phenoxy) is 1. The van der Waals surface area contributed by atoms with E-state index in [-0.39, 0.29) is 12.1 Å². The van der Waals surface area contributed by atoms with Crippen LogP contribution in [-0.2, 0) is 9.53 Å². The second kappa shape index (κ2) is 6.36. The molecule has 4 aliphatic rings. The molecule has 0 radical (unpaired) electrons. The highest BCUT2D eigenvalue weighted by molar-refractivity contribution is 5.85. The summed E-state index contributed by atoms with van der Waals surface area (Å²) in [6.07, 6.45) is 10.3. The Morgan fingerprint density at radius 2 is 1.92 bits per heavy atom. The summed E-state index contributed by atoms with van der Waals surface area (Å²) in [5.74, 6) is 3.44. The highest BCUT2D eigenvalue weighted by Gasteiger charge is 2.59. The molecule has 146 valence electrons. The van der Waals surface area contributed by atoms with E-state index < -0.39 is 0 Å². The number of hydrogen-bond donors (Lipinski definition) is 1. The van der Waals surface area contributed by atoms with Crippen molar-refractivity contribution in [2.75, 3.05) is 6.61 Å². The molecule has 3 nitrogen and oxygen atoms in total. The van der Waals surface area contributed by atoms with E-state index in [2.05, 4.69) is 20.8 Å². The van der Waals surface area contributed by atoms with Gasteiger partial charge in [-0.2, -0.15) is 0 Å². The highest BCUT2D eigenvalue weighted by Crippen LogP contribution is 2.66. The molecule has 0 amide bonds. The van der Waals surface area contributed by atoms with E-state index >= 15 is 0 Å². The Balaban J connectivity index is 1.56. The SMILES string of the molecule is CC(O)CC1CCC2C(CCC3(C)C(C4=CC(=O)OC4)CCC23)C1(C)C. The Labute approximate surface area is 158 Å². The third-order valence-corrected chi connectivity index (χ3v) is 9.05. The summed E-state index contributed by atoms with van der Waals surface area (Å²) in [5.41, 5.74) is 1.93. The average Bonchev–Trinajstić information content (AvgIpc) is 3.12. The molecule has 1 N–H and O–H groups in total. The van der Waals surface area contributed by atoms with E-state index in [9.17, 15) is 9.90 Å². The molecule has 3 fully saturated rings. The summed E-state index contributed by atoms with van der Waals surface area (Å²) in [6, 6.07) is 0. The lowest BCUT2D eigenvalue weighted by atomic mass is 9.47. The lowest BCUT2D eigenvalue weighted by Gasteiger charge is -2.58. The van der Waals surface area contributed by atoms with E-state index in [1.165, 1.54) is 44.1 Å². The lowest BCUT2D eigenvalue weighted by Crippen LogP contribution is -2.51. The van der Waals surface area contributed by atoms with Gasteiger partial charge in [0.1, 0.15) is 6.61 Å². The third kappa shape index (κ3) is 2.77. The molecule has 0 aromatic heterocycles. The zero-order valence-corrected chi connectivity index (χ0v) is 17.0. The zero-order valence-electron chi connectivity index (χ0n) is 17.0. The number of carbonyl (C=O) groups excluding carboxylic acids is 1. The highest BCUT2D eigenvalue weighted by atomic mass is 16.5. The fourth-order valence-corrected chi connectivity index (χ4v) is 7.72. The molecule has 4 rings (SSSR count). The molecule has 0 aromatic rings. The Morgan fingerprint density at radius 1 is 1.15 bits per heavy atom. The van der Waals surface area contributed by atoms with Gasteiger partial charge in [0.05, 0.1) is 6.10 Å². The molecule has 0 aromatic carbocycles. The van der Waals surface area contributed by atoms with Crippen molar-refractivity contribution in [1.82, 2.24) is 0 Å². The minimum Gasteiger partial charge on any atom is -0.458 e. The van der Waals surface area contributed by atoms with Gasteiger partial charge in [-0.3, -0.25) is 0 Å². The number of cyclic esters (lactones) is 1. The standard InChI is InChI=1S/C23H36O3/c1-14(24)11-16-5-6-17-19(22(16,2)3)9-10-23(4)18(7-8-20(17)23)15-12-21(25)26-13-15/h12,14,16-20,24H,5-11,13H2,1-4H3. The van der Waals surface area contributed by atoms with Crippen molar-refractivity contribution in [1.29, 1.82) is 0 Å². The first-order valence-electron chi connectivity index (χ1n) is 10.8. The Morgan fingerprint density at radius 3 is 2.58 bits per heavy atom. The van der Waals surface area contributed by atoms with Crippen LogP contribution in [0.25, 0.3) is 0 Å². The predicted octanol–water partition coefficient (Wildman–Crippen LogP) is 4.74. The molecule has 1 aliphatic heterocycles. The third-order valence-electron chi connectivity index (χ3n) is 9.05. The molecular formula is C23H36O3. The summed E-state index contributed by atoms with van der Waals surface area (Å²) in [6.45, 7) is 9.92. The van der Waals surface area contributed by atoms with Crippen LogP contribution in [0.4, 0.5) is 0 Å². The summed E-state index contributed by atoms with van der Waals surface area (Å²) < 4.78 is 5.24. The summed E-state index contributed by atoms with van der Waals surface area (Å²) in [5, 5.41) is 9.96. The molecule has 7 atom stereocenters. The van der Waals surface area contributed by atoms with Gasteiger partial charge in [0.15, 0.2) is 0 Å². The van der Waals surface area contributed by atoms with Crippen molar-refractivity contribution in [2.24, 2.45) is 40.4 Å². The van der Waals surface area contributed by atoms with Gasteiger partial charge in [-0.05, 0) is 97.9 Å². The van der Waals surface area contributed by atoms with Crippen molar-refractivity contribution < 1.29 is 14.6 Å². The minimum atomic E-state index is -0.188. The second-order valence-electron chi connectivity index (χ2n) is 10.6. The van der Waals surface area contributed by atoms with Crippen molar-refractivity contribution in [3.05, 3.63) is 11.6 Å². The monoisotopic (exact) mass is 360 g/mol. The van der Waals surface area contributed by atoms with Crippen LogP contribution in [0.1, 0.15) is 72.6 Å². The molecule has 0 spiro atoms. The number of aliphatic hydroxyl groups excluding tert-OH is 1. The molecule has 7 unspecified atom stereocenters. The van der Waals surface area contributed by atoms with E-state index in [4.69, 9.17) is 4.74 Å². The first-order chi connectivity index (χ1) is 12.2. The van der Waals surface area contributed by atoms with Crippen LogP contribution >= 0.6 is 0 Å². The first kappa shape index (κ1) is 18.5. The maximum Gasteiger partial charge on any atom is 0.331 e. The van der Waals surface area contributed by atoms with E-state index in [1.54, 1.807) is 6.08 Å². The fraction of sp³-hybridized carbons (Fsp3) is 0.870. The number of esters is 1. The van der Waals surface area contributed by atoms with Gasteiger partial charge in [-0.15, -0.1) is 0 Å². The van der Waals surface area contributed by atoms with E-state index in [0.717, 1.165) is 24.2 Å². The Hall–Kier alpha value is -0.830. The van der Waals surface area contributed by atoms with Gasteiger partial charge in [0.2, 0.25) is 0 Å². The van der Waals surface area contributed by atoms with Crippen molar-refractivity contribution in [3.63, 3.8) is 0 Å². The quantitative estimate of drug-likeness (QED) is 0.740. The van der Waals surface area contributed by atoms with Gasteiger partial charge < -0.3 is 9.84 Å². The molecule has 3 saturated carbocycles. The van der Waals surface area contributed by atoms with E-state index in [0.29, 0.717) is 29.3 Å². The molecule has 0 saturated heterocycles. The molecule has 26 heavy (non-hydrogen) atoms. The summed E-state index contributed by atoms with van der Waals surface area (Å²) in [4.78, 5) is 11.6. The topological polar surface area (TPSA) is 46.5 Å². The number of carbonyl (C=O) groups is 1. The molecule has 0 bridgehead atoms. The molecular weight excluding hydrogens is 324 g/mol. The number of aliphatic hydroxyl groups is 1. The maximum absolute atomic E-state index is 11.6. The van der Waals surface area contributed by atoms with Gasteiger partial charge >= 0.3 is 5.97 Å². The van der Waals surface area contributed by atoms with Gasteiger partial charge in [0.25, 0.3) is 0 Å². The van der Waals surface area contributed by atoms with Gasteiger partial charge in [-0.25, -0.2) is 4.79 Å². The van der Waals surface area contributed by atoms with Crippen molar-refractivity contribution >= 4 is 5.97 Å². The van der Waals surface area contributed by atoms with Crippen LogP contribution in [0.2, 0.25) is 0 Å². The summed E-state index contributed by atoms with van der Waals surface area (Å²) >= 11 is 0. The van der Waals surface area contributed by atoms with Gasteiger partial charge in [0, 0.05) is 6.08 Å². The van der Waals surface area contributed by atoms with E-state index in [1.807, 2.05) is 6.92 Å². The van der Waals surface area contributed by atoms with Crippen molar-refractivity contribution in [2.45, 2.75) is 78.7 Å². The number of fused-ring (bicyclic) bond motifs is 3. The van der Waals surface area contributed by atoms with Crippen molar-refractivity contribution in [3.8, 4) is 0 Å². The largest absolute Gasteiger partial charge is 0.458 e. The molecule has 3 heteroatoms. The Bertz CT molecular complexity index is 605. The molecule has 3 aliphatic carbocycles. The Kier molecular flexibility index (Phi) is 4.53. The van der Waals surface area contributed by atoms with Crippen LogP contribution in [-0.4, -0.2) is 23.8 Å². The van der Waals surface area contributed by atoms with Crippen LogP contribution in [0.15, 0.2) is 11.6 Å². The predicted molar refractivity (Wildman–Crippen MR) is 102 cm³/mol. The fourth-order valence-electron chi connectivity index (χ4n) is 7.72. The average molecular weight is 361 g/mol.